The smallest absolute Gasteiger partial charge is 0.0681 e. The first-order valence-corrected chi connectivity index (χ1v) is 4.95. The lowest BCUT2D eigenvalue weighted by atomic mass is 9.84. The summed E-state index contributed by atoms with van der Waals surface area (Å²) in [6, 6.07) is 2.01. The van der Waals surface area contributed by atoms with Crippen LogP contribution in [0.4, 0.5) is 0 Å². The SMILES string of the molecule is Cn1ccc(C2CCCCC2O)n1. The van der Waals surface area contributed by atoms with Crippen molar-refractivity contribution in [1.82, 2.24) is 9.78 Å². The van der Waals surface area contributed by atoms with Crippen molar-refractivity contribution < 1.29 is 5.11 Å². The molecule has 3 heteroatoms. The fraction of sp³-hybridized carbons (Fsp3) is 0.700. The van der Waals surface area contributed by atoms with E-state index in [0.29, 0.717) is 0 Å². The maximum absolute atomic E-state index is 9.78. The van der Waals surface area contributed by atoms with E-state index in [1.165, 1.54) is 6.42 Å². The van der Waals surface area contributed by atoms with Crippen LogP contribution in [0.25, 0.3) is 0 Å². The minimum Gasteiger partial charge on any atom is -0.392 e. The second kappa shape index (κ2) is 3.50. The molecule has 1 fully saturated rings. The van der Waals surface area contributed by atoms with Crippen LogP contribution in [0.5, 0.6) is 0 Å². The van der Waals surface area contributed by atoms with Crippen LogP contribution < -0.4 is 0 Å². The molecule has 1 heterocycles. The molecule has 0 saturated heterocycles. The highest BCUT2D eigenvalue weighted by atomic mass is 16.3. The predicted molar refractivity (Wildman–Crippen MR) is 50.4 cm³/mol. The van der Waals surface area contributed by atoms with Gasteiger partial charge in [0.2, 0.25) is 0 Å². The van der Waals surface area contributed by atoms with Crippen molar-refractivity contribution in [2.75, 3.05) is 0 Å². The number of hydrogen-bond donors (Lipinski definition) is 1. The van der Waals surface area contributed by atoms with Crippen LogP contribution in [-0.4, -0.2) is 21.0 Å². The molecule has 1 aromatic rings. The second-order valence-electron chi connectivity index (χ2n) is 3.87. The van der Waals surface area contributed by atoms with Crippen LogP contribution in [0.15, 0.2) is 12.3 Å². The molecule has 0 amide bonds. The van der Waals surface area contributed by atoms with Gasteiger partial charge in [0, 0.05) is 19.2 Å². The van der Waals surface area contributed by atoms with Gasteiger partial charge < -0.3 is 5.11 Å². The van der Waals surface area contributed by atoms with E-state index < -0.39 is 0 Å². The highest BCUT2D eigenvalue weighted by Gasteiger charge is 2.25. The molecule has 0 aromatic carbocycles. The van der Waals surface area contributed by atoms with E-state index in [1.807, 2.05) is 19.3 Å². The average Bonchev–Trinajstić information content (AvgIpc) is 2.53. The lowest BCUT2D eigenvalue weighted by Gasteiger charge is -2.25. The van der Waals surface area contributed by atoms with Crippen molar-refractivity contribution in [2.45, 2.75) is 37.7 Å². The first kappa shape index (κ1) is 8.75. The Balaban J connectivity index is 2.14. The topological polar surface area (TPSA) is 38.0 Å². The van der Waals surface area contributed by atoms with Gasteiger partial charge >= 0.3 is 0 Å². The number of aliphatic hydroxyl groups is 1. The summed E-state index contributed by atoms with van der Waals surface area (Å²) < 4.78 is 1.80. The quantitative estimate of drug-likeness (QED) is 0.710. The summed E-state index contributed by atoms with van der Waals surface area (Å²) in [7, 11) is 1.92. The average molecular weight is 180 g/mol. The standard InChI is InChI=1S/C10H16N2O/c1-12-7-6-9(11-12)8-4-2-3-5-10(8)13/h6-8,10,13H,2-5H2,1H3. The number of rotatable bonds is 1. The van der Waals surface area contributed by atoms with E-state index in [-0.39, 0.29) is 12.0 Å². The summed E-state index contributed by atoms with van der Waals surface area (Å²) in [6.07, 6.45) is 6.16. The normalized spacial score (nSPS) is 29.1. The van der Waals surface area contributed by atoms with Crippen molar-refractivity contribution in [3.05, 3.63) is 18.0 Å². The molecule has 0 aliphatic heterocycles. The number of hydrogen-bond acceptors (Lipinski definition) is 2. The van der Waals surface area contributed by atoms with E-state index in [1.54, 1.807) is 4.68 Å². The Bertz CT molecular complexity index is 282. The van der Waals surface area contributed by atoms with Gasteiger partial charge in [-0.05, 0) is 18.9 Å². The molecular formula is C10H16N2O. The summed E-state index contributed by atoms with van der Waals surface area (Å²) in [5.41, 5.74) is 1.05. The monoisotopic (exact) mass is 180 g/mol. The van der Waals surface area contributed by atoms with Gasteiger partial charge in [-0.2, -0.15) is 5.10 Å². The third-order valence-corrected chi connectivity index (χ3v) is 2.84. The Kier molecular flexibility index (Phi) is 2.36. The molecule has 1 saturated carbocycles. The van der Waals surface area contributed by atoms with Gasteiger partial charge in [0.05, 0.1) is 11.8 Å². The van der Waals surface area contributed by atoms with Crippen molar-refractivity contribution in [1.29, 1.82) is 0 Å². The number of aliphatic hydroxyl groups excluding tert-OH is 1. The summed E-state index contributed by atoms with van der Waals surface area (Å²) in [5.74, 6) is 0.273. The molecule has 0 radical (unpaired) electrons. The summed E-state index contributed by atoms with van der Waals surface area (Å²) >= 11 is 0. The van der Waals surface area contributed by atoms with Gasteiger partial charge in [-0.15, -0.1) is 0 Å². The van der Waals surface area contributed by atoms with E-state index in [4.69, 9.17) is 0 Å². The van der Waals surface area contributed by atoms with Crippen LogP contribution in [0, 0.1) is 0 Å². The Labute approximate surface area is 78.4 Å². The zero-order valence-corrected chi connectivity index (χ0v) is 7.98. The van der Waals surface area contributed by atoms with Crippen LogP contribution >= 0.6 is 0 Å². The van der Waals surface area contributed by atoms with Gasteiger partial charge in [-0.25, -0.2) is 0 Å². The lowest BCUT2D eigenvalue weighted by Crippen LogP contribution is -2.22. The number of aromatic nitrogens is 2. The van der Waals surface area contributed by atoms with E-state index in [9.17, 15) is 5.11 Å². The molecule has 0 bridgehead atoms. The molecular weight excluding hydrogens is 164 g/mol. The zero-order valence-electron chi connectivity index (χ0n) is 7.98. The van der Waals surface area contributed by atoms with Crippen molar-refractivity contribution >= 4 is 0 Å². The molecule has 0 spiro atoms. The fourth-order valence-electron chi connectivity index (χ4n) is 2.09. The zero-order chi connectivity index (χ0) is 9.26. The van der Waals surface area contributed by atoms with Crippen LogP contribution in [0.1, 0.15) is 37.3 Å². The minimum absolute atomic E-state index is 0.177. The van der Waals surface area contributed by atoms with E-state index in [0.717, 1.165) is 25.0 Å². The Morgan fingerprint density at radius 1 is 1.46 bits per heavy atom. The highest BCUT2D eigenvalue weighted by molar-refractivity contribution is 5.09. The van der Waals surface area contributed by atoms with Crippen molar-refractivity contribution in [3.8, 4) is 0 Å². The molecule has 2 rings (SSSR count). The molecule has 1 N–H and O–H groups in total. The summed E-state index contributed by atoms with van der Waals surface area (Å²) in [6.45, 7) is 0. The Morgan fingerprint density at radius 2 is 2.23 bits per heavy atom. The van der Waals surface area contributed by atoms with Crippen LogP contribution in [-0.2, 0) is 7.05 Å². The fourth-order valence-corrected chi connectivity index (χ4v) is 2.09. The molecule has 2 atom stereocenters. The third kappa shape index (κ3) is 1.75. The van der Waals surface area contributed by atoms with Gasteiger partial charge in [0.25, 0.3) is 0 Å². The van der Waals surface area contributed by atoms with E-state index >= 15 is 0 Å². The molecule has 3 nitrogen and oxygen atoms in total. The molecule has 1 aliphatic carbocycles. The Hall–Kier alpha value is -0.830. The summed E-state index contributed by atoms with van der Waals surface area (Å²) in [5, 5.41) is 14.1. The first-order valence-electron chi connectivity index (χ1n) is 4.95. The second-order valence-corrected chi connectivity index (χ2v) is 3.87. The predicted octanol–water partition coefficient (Wildman–Crippen LogP) is 1.44. The van der Waals surface area contributed by atoms with E-state index in [2.05, 4.69) is 5.10 Å². The molecule has 72 valence electrons. The molecule has 13 heavy (non-hydrogen) atoms. The van der Waals surface area contributed by atoms with Crippen LogP contribution in [0.3, 0.4) is 0 Å². The minimum atomic E-state index is -0.177. The largest absolute Gasteiger partial charge is 0.392 e. The summed E-state index contributed by atoms with van der Waals surface area (Å²) in [4.78, 5) is 0. The maximum atomic E-state index is 9.78. The van der Waals surface area contributed by atoms with Crippen molar-refractivity contribution in [2.24, 2.45) is 7.05 Å². The molecule has 1 aromatic heterocycles. The third-order valence-electron chi connectivity index (χ3n) is 2.84. The number of aryl methyl sites for hydroxylation is 1. The maximum Gasteiger partial charge on any atom is 0.0681 e. The van der Waals surface area contributed by atoms with Crippen molar-refractivity contribution in [3.63, 3.8) is 0 Å². The lowest BCUT2D eigenvalue weighted by molar-refractivity contribution is 0.104. The van der Waals surface area contributed by atoms with Crippen LogP contribution in [0.2, 0.25) is 0 Å². The highest BCUT2D eigenvalue weighted by Crippen LogP contribution is 2.31. The van der Waals surface area contributed by atoms with Gasteiger partial charge in [0.1, 0.15) is 0 Å². The number of nitrogens with zero attached hydrogens (tertiary/aromatic N) is 2. The van der Waals surface area contributed by atoms with Gasteiger partial charge in [-0.3, -0.25) is 4.68 Å². The van der Waals surface area contributed by atoms with Gasteiger partial charge in [-0.1, -0.05) is 12.8 Å². The Morgan fingerprint density at radius 3 is 2.85 bits per heavy atom. The molecule has 1 aliphatic rings. The first-order chi connectivity index (χ1) is 6.27. The van der Waals surface area contributed by atoms with Gasteiger partial charge in [0.15, 0.2) is 0 Å². The molecule has 2 unspecified atom stereocenters.